The van der Waals surface area contributed by atoms with Gasteiger partial charge in [-0.1, -0.05) is 12.8 Å². The Morgan fingerprint density at radius 1 is 1.21 bits per heavy atom. The van der Waals surface area contributed by atoms with Crippen molar-refractivity contribution in [3.8, 4) is 0 Å². The first kappa shape index (κ1) is 10.4. The van der Waals surface area contributed by atoms with Crippen molar-refractivity contribution < 1.29 is 10.2 Å². The second-order valence-electron chi connectivity index (χ2n) is 4.88. The van der Waals surface area contributed by atoms with Gasteiger partial charge in [0, 0.05) is 12.6 Å². The number of nitrogens with zero attached hydrogens (tertiary/aromatic N) is 1. The fourth-order valence-electron chi connectivity index (χ4n) is 2.88. The Labute approximate surface area is 85.7 Å². The van der Waals surface area contributed by atoms with Crippen LogP contribution in [0.4, 0.5) is 0 Å². The number of rotatable bonds is 3. The average Bonchev–Trinajstić information content (AvgIpc) is 2.75. The largest absolute Gasteiger partial charge is 0.395 e. The highest BCUT2D eigenvalue weighted by atomic mass is 16.3. The minimum Gasteiger partial charge on any atom is -0.395 e. The molecule has 3 heteroatoms. The monoisotopic (exact) mass is 199 g/mol. The minimum atomic E-state index is -0.447. The molecule has 14 heavy (non-hydrogen) atoms. The van der Waals surface area contributed by atoms with Crippen LogP contribution in [0.25, 0.3) is 0 Å². The summed E-state index contributed by atoms with van der Waals surface area (Å²) in [5.74, 6) is 0. The summed E-state index contributed by atoms with van der Waals surface area (Å²) < 4.78 is 0. The third-order valence-electron chi connectivity index (χ3n) is 3.74. The Morgan fingerprint density at radius 2 is 1.93 bits per heavy atom. The third kappa shape index (κ3) is 2.10. The smallest absolute Gasteiger partial charge is 0.0774 e. The molecule has 0 aromatic heterocycles. The maximum atomic E-state index is 10.2. The van der Waals surface area contributed by atoms with Crippen LogP contribution < -0.4 is 0 Å². The lowest BCUT2D eigenvalue weighted by molar-refractivity contribution is -0.000489. The molecule has 1 unspecified atom stereocenters. The fourth-order valence-corrected chi connectivity index (χ4v) is 2.88. The maximum Gasteiger partial charge on any atom is 0.0774 e. The molecule has 3 nitrogen and oxygen atoms in total. The van der Waals surface area contributed by atoms with E-state index in [9.17, 15) is 10.2 Å². The van der Waals surface area contributed by atoms with E-state index in [1.165, 1.54) is 6.42 Å². The van der Waals surface area contributed by atoms with Crippen LogP contribution in [-0.2, 0) is 0 Å². The number of hydrogen-bond donors (Lipinski definition) is 2. The predicted molar refractivity (Wildman–Crippen MR) is 55.1 cm³/mol. The first-order chi connectivity index (χ1) is 6.73. The van der Waals surface area contributed by atoms with Gasteiger partial charge in [0.25, 0.3) is 0 Å². The molecule has 1 aliphatic carbocycles. The maximum absolute atomic E-state index is 10.2. The zero-order chi connectivity index (χ0) is 10.0. The van der Waals surface area contributed by atoms with Crippen molar-refractivity contribution in [1.82, 2.24) is 4.90 Å². The molecular formula is C11H21NO2. The van der Waals surface area contributed by atoms with E-state index in [1.807, 2.05) is 0 Å². The number of likely N-dealkylation sites (tertiary alicyclic amines) is 1. The van der Waals surface area contributed by atoms with Crippen molar-refractivity contribution in [3.63, 3.8) is 0 Å². The summed E-state index contributed by atoms with van der Waals surface area (Å²) >= 11 is 0. The van der Waals surface area contributed by atoms with Crippen molar-refractivity contribution in [3.05, 3.63) is 0 Å². The van der Waals surface area contributed by atoms with Gasteiger partial charge in [-0.15, -0.1) is 0 Å². The van der Waals surface area contributed by atoms with Crippen LogP contribution in [0.1, 0.15) is 38.5 Å². The van der Waals surface area contributed by atoms with Gasteiger partial charge >= 0.3 is 0 Å². The second kappa shape index (κ2) is 4.17. The SMILES string of the molecule is OCC1CCCN1CC1(O)CCCC1. The Kier molecular flexibility index (Phi) is 3.10. The topological polar surface area (TPSA) is 43.7 Å². The summed E-state index contributed by atoms with van der Waals surface area (Å²) in [6, 6.07) is 0.305. The van der Waals surface area contributed by atoms with E-state index in [2.05, 4.69) is 4.90 Å². The molecule has 0 radical (unpaired) electrons. The van der Waals surface area contributed by atoms with Crippen LogP contribution in [-0.4, -0.2) is 46.5 Å². The van der Waals surface area contributed by atoms with Gasteiger partial charge in [-0.25, -0.2) is 0 Å². The molecule has 1 saturated heterocycles. The van der Waals surface area contributed by atoms with Crippen molar-refractivity contribution in [2.75, 3.05) is 19.7 Å². The van der Waals surface area contributed by atoms with Crippen molar-refractivity contribution in [2.24, 2.45) is 0 Å². The first-order valence-corrected chi connectivity index (χ1v) is 5.81. The Bertz CT molecular complexity index is 190. The molecule has 1 saturated carbocycles. The lowest BCUT2D eigenvalue weighted by atomic mass is 10.0. The lowest BCUT2D eigenvalue weighted by Crippen LogP contribution is -2.44. The molecule has 1 aliphatic heterocycles. The normalized spacial score (nSPS) is 32.6. The number of β-amino-alcohol motifs (C(OH)–C–C–N with tert-alkyl or cyclic N) is 1. The molecule has 1 atom stereocenters. The van der Waals surface area contributed by atoms with Gasteiger partial charge in [0.05, 0.1) is 12.2 Å². The molecule has 2 fully saturated rings. The molecule has 0 bridgehead atoms. The summed E-state index contributed by atoms with van der Waals surface area (Å²) in [6.07, 6.45) is 6.47. The summed E-state index contributed by atoms with van der Waals surface area (Å²) in [5.41, 5.74) is -0.447. The molecule has 0 aromatic carbocycles. The molecule has 0 aromatic rings. The zero-order valence-electron chi connectivity index (χ0n) is 8.78. The molecule has 0 spiro atoms. The summed E-state index contributed by atoms with van der Waals surface area (Å²) in [6.45, 7) is 2.07. The van der Waals surface area contributed by atoms with E-state index in [0.717, 1.165) is 45.2 Å². The van der Waals surface area contributed by atoms with Crippen LogP contribution in [0.2, 0.25) is 0 Å². The van der Waals surface area contributed by atoms with Crippen molar-refractivity contribution in [2.45, 2.75) is 50.2 Å². The first-order valence-electron chi connectivity index (χ1n) is 5.81. The lowest BCUT2D eigenvalue weighted by Gasteiger charge is -2.31. The van der Waals surface area contributed by atoms with Crippen LogP contribution in [0.15, 0.2) is 0 Å². The van der Waals surface area contributed by atoms with E-state index in [1.54, 1.807) is 0 Å². The van der Waals surface area contributed by atoms with Gasteiger partial charge in [0.2, 0.25) is 0 Å². The molecule has 0 amide bonds. The van der Waals surface area contributed by atoms with Gasteiger partial charge in [0.15, 0.2) is 0 Å². The van der Waals surface area contributed by atoms with E-state index in [4.69, 9.17) is 0 Å². The molecule has 82 valence electrons. The summed E-state index contributed by atoms with van der Waals surface area (Å²) in [7, 11) is 0. The fraction of sp³-hybridized carbons (Fsp3) is 1.00. The highest BCUT2D eigenvalue weighted by Gasteiger charge is 2.36. The predicted octanol–water partition coefficient (Wildman–Crippen LogP) is 0.748. The summed E-state index contributed by atoms with van der Waals surface area (Å²) in [5, 5.41) is 19.4. The highest BCUT2D eigenvalue weighted by Crippen LogP contribution is 2.32. The Morgan fingerprint density at radius 3 is 2.57 bits per heavy atom. The van der Waals surface area contributed by atoms with E-state index >= 15 is 0 Å². The standard InChI is InChI=1S/C11H21NO2/c13-8-10-4-3-7-12(10)9-11(14)5-1-2-6-11/h10,13-14H,1-9H2. The van der Waals surface area contributed by atoms with Crippen molar-refractivity contribution in [1.29, 1.82) is 0 Å². The van der Waals surface area contributed by atoms with Crippen LogP contribution in [0.3, 0.4) is 0 Å². The van der Waals surface area contributed by atoms with Crippen molar-refractivity contribution >= 4 is 0 Å². The quantitative estimate of drug-likeness (QED) is 0.705. The Balaban J connectivity index is 1.89. The molecular weight excluding hydrogens is 178 g/mol. The zero-order valence-corrected chi connectivity index (χ0v) is 8.78. The van der Waals surface area contributed by atoms with Gasteiger partial charge in [-0.3, -0.25) is 4.90 Å². The Hall–Kier alpha value is -0.120. The number of aliphatic hydroxyl groups is 2. The van der Waals surface area contributed by atoms with E-state index in [-0.39, 0.29) is 6.61 Å². The highest BCUT2D eigenvalue weighted by molar-refractivity contribution is 4.91. The molecule has 2 rings (SSSR count). The van der Waals surface area contributed by atoms with E-state index < -0.39 is 5.60 Å². The van der Waals surface area contributed by atoms with Crippen LogP contribution in [0.5, 0.6) is 0 Å². The van der Waals surface area contributed by atoms with Gasteiger partial charge in [-0.05, 0) is 32.2 Å². The van der Waals surface area contributed by atoms with Gasteiger partial charge < -0.3 is 10.2 Å². The minimum absolute atomic E-state index is 0.246. The number of hydrogen-bond acceptors (Lipinski definition) is 3. The number of aliphatic hydroxyl groups excluding tert-OH is 1. The molecule has 1 heterocycles. The van der Waals surface area contributed by atoms with Gasteiger partial charge in [-0.2, -0.15) is 0 Å². The summed E-state index contributed by atoms with van der Waals surface area (Å²) in [4.78, 5) is 2.27. The van der Waals surface area contributed by atoms with Crippen LogP contribution >= 0.6 is 0 Å². The third-order valence-corrected chi connectivity index (χ3v) is 3.74. The van der Waals surface area contributed by atoms with Crippen LogP contribution in [0, 0.1) is 0 Å². The molecule has 2 N–H and O–H groups in total. The molecule has 2 aliphatic rings. The second-order valence-corrected chi connectivity index (χ2v) is 4.88. The van der Waals surface area contributed by atoms with E-state index in [0.29, 0.717) is 6.04 Å². The van der Waals surface area contributed by atoms with Gasteiger partial charge in [0.1, 0.15) is 0 Å². The average molecular weight is 199 g/mol.